The molecule has 4 heteroatoms. The maximum Gasteiger partial charge on any atom is 0.135 e. The smallest absolute Gasteiger partial charge is 0.135 e. The van der Waals surface area contributed by atoms with Crippen LogP contribution >= 0.6 is 0 Å². The summed E-state index contributed by atoms with van der Waals surface area (Å²) >= 11 is 0. The highest BCUT2D eigenvalue weighted by Crippen LogP contribution is 2.23. The Kier molecular flexibility index (Phi) is 6.06. The van der Waals surface area contributed by atoms with Crippen molar-refractivity contribution >= 4 is 0 Å². The second kappa shape index (κ2) is 7.59. The third kappa shape index (κ3) is 4.66. The maximum atomic E-state index is 5.70. The van der Waals surface area contributed by atoms with Gasteiger partial charge in [0, 0.05) is 6.54 Å². The normalized spacial score (nSPS) is 9.83. The van der Waals surface area contributed by atoms with Crippen LogP contribution in [0.25, 0.3) is 0 Å². The van der Waals surface area contributed by atoms with Gasteiger partial charge in [-0.15, -0.1) is 0 Å². The minimum Gasteiger partial charge on any atom is -0.497 e. The van der Waals surface area contributed by atoms with Crippen LogP contribution in [-0.2, 0) is 0 Å². The Morgan fingerprint density at radius 2 is 2.11 bits per heavy atom. The molecule has 0 amide bonds. The van der Waals surface area contributed by atoms with Crippen LogP contribution in [0.5, 0.6) is 11.5 Å². The van der Waals surface area contributed by atoms with Crippen LogP contribution in [0.15, 0.2) is 18.2 Å². The van der Waals surface area contributed by atoms with E-state index in [9.17, 15) is 0 Å². The molecule has 0 bridgehead atoms. The van der Waals surface area contributed by atoms with Gasteiger partial charge in [-0.3, -0.25) is 0 Å². The summed E-state index contributed by atoms with van der Waals surface area (Å²) in [7, 11) is 5.64. The summed E-state index contributed by atoms with van der Waals surface area (Å²) in [6.45, 7) is 1.81. The first kappa shape index (κ1) is 14.4. The highest BCUT2D eigenvalue weighted by molar-refractivity contribution is 5.50. The molecule has 0 aliphatic carbocycles. The van der Waals surface area contributed by atoms with Gasteiger partial charge in [-0.2, -0.15) is 0 Å². The first-order chi connectivity index (χ1) is 8.67. The van der Waals surface area contributed by atoms with E-state index >= 15 is 0 Å². The number of methoxy groups -OCH3 is 1. The second-order valence-corrected chi connectivity index (χ2v) is 4.02. The molecule has 0 unspecified atom stereocenters. The molecule has 0 saturated carbocycles. The molecule has 0 radical (unpaired) electrons. The SMILES string of the molecule is COc1ccc(OCCN(C)C)c(C#CCN)c1. The van der Waals surface area contributed by atoms with Crippen LogP contribution < -0.4 is 15.2 Å². The van der Waals surface area contributed by atoms with Crippen molar-refractivity contribution in [2.75, 3.05) is 40.9 Å². The predicted octanol–water partition coefficient (Wildman–Crippen LogP) is 0.946. The topological polar surface area (TPSA) is 47.7 Å². The van der Waals surface area contributed by atoms with Gasteiger partial charge in [0.15, 0.2) is 0 Å². The van der Waals surface area contributed by atoms with Crippen LogP contribution in [0.3, 0.4) is 0 Å². The van der Waals surface area contributed by atoms with Crippen LogP contribution in [0.1, 0.15) is 5.56 Å². The van der Waals surface area contributed by atoms with Crippen molar-refractivity contribution in [3.8, 4) is 23.3 Å². The van der Waals surface area contributed by atoms with E-state index in [4.69, 9.17) is 15.2 Å². The Labute approximate surface area is 109 Å². The maximum absolute atomic E-state index is 5.70. The zero-order valence-corrected chi connectivity index (χ0v) is 11.2. The molecular weight excluding hydrogens is 228 g/mol. The van der Waals surface area contributed by atoms with Crippen molar-refractivity contribution in [2.45, 2.75) is 0 Å². The summed E-state index contributed by atoms with van der Waals surface area (Å²) in [6, 6.07) is 5.58. The summed E-state index contributed by atoms with van der Waals surface area (Å²) in [6.07, 6.45) is 0. The molecule has 1 rings (SSSR count). The third-order valence-electron chi connectivity index (χ3n) is 2.31. The van der Waals surface area contributed by atoms with E-state index in [0.717, 1.165) is 23.6 Å². The van der Waals surface area contributed by atoms with Gasteiger partial charge in [0.25, 0.3) is 0 Å². The van der Waals surface area contributed by atoms with E-state index in [1.54, 1.807) is 7.11 Å². The molecule has 18 heavy (non-hydrogen) atoms. The van der Waals surface area contributed by atoms with Crippen molar-refractivity contribution in [2.24, 2.45) is 5.73 Å². The number of rotatable bonds is 5. The molecule has 98 valence electrons. The van der Waals surface area contributed by atoms with Gasteiger partial charge < -0.3 is 20.1 Å². The van der Waals surface area contributed by atoms with Crippen molar-refractivity contribution < 1.29 is 9.47 Å². The first-order valence-electron chi connectivity index (χ1n) is 5.82. The summed E-state index contributed by atoms with van der Waals surface area (Å²) in [5, 5.41) is 0. The number of hydrogen-bond donors (Lipinski definition) is 1. The average molecular weight is 248 g/mol. The lowest BCUT2D eigenvalue weighted by Gasteiger charge is -2.12. The minimum absolute atomic E-state index is 0.328. The number of nitrogens with zero attached hydrogens (tertiary/aromatic N) is 1. The molecule has 0 aliphatic rings. The molecule has 1 aromatic rings. The van der Waals surface area contributed by atoms with E-state index in [1.165, 1.54) is 0 Å². The molecule has 0 atom stereocenters. The molecule has 0 aromatic heterocycles. The fraction of sp³-hybridized carbons (Fsp3) is 0.429. The monoisotopic (exact) mass is 248 g/mol. The highest BCUT2D eigenvalue weighted by Gasteiger charge is 2.04. The molecule has 0 spiro atoms. The molecule has 0 saturated heterocycles. The van der Waals surface area contributed by atoms with Gasteiger partial charge in [0.2, 0.25) is 0 Å². The lowest BCUT2D eigenvalue weighted by Crippen LogP contribution is -2.19. The Morgan fingerprint density at radius 3 is 2.72 bits per heavy atom. The zero-order valence-electron chi connectivity index (χ0n) is 11.2. The molecule has 4 nitrogen and oxygen atoms in total. The summed E-state index contributed by atoms with van der Waals surface area (Å²) in [4.78, 5) is 2.06. The van der Waals surface area contributed by atoms with Gasteiger partial charge in [0.05, 0.1) is 19.2 Å². The van der Waals surface area contributed by atoms with E-state index in [2.05, 4.69) is 16.7 Å². The van der Waals surface area contributed by atoms with E-state index in [-0.39, 0.29) is 0 Å². The van der Waals surface area contributed by atoms with Crippen LogP contribution in [0.4, 0.5) is 0 Å². The number of benzene rings is 1. The summed E-state index contributed by atoms with van der Waals surface area (Å²) in [5.74, 6) is 7.34. The highest BCUT2D eigenvalue weighted by atomic mass is 16.5. The van der Waals surface area contributed by atoms with Gasteiger partial charge in [-0.05, 0) is 32.3 Å². The first-order valence-corrected chi connectivity index (χ1v) is 5.82. The molecule has 0 aliphatic heterocycles. The van der Waals surface area contributed by atoms with Crippen molar-refractivity contribution in [3.05, 3.63) is 23.8 Å². The fourth-order valence-electron chi connectivity index (χ4n) is 1.34. The zero-order chi connectivity index (χ0) is 13.4. The molecule has 0 heterocycles. The average Bonchev–Trinajstić information content (AvgIpc) is 2.36. The van der Waals surface area contributed by atoms with E-state index in [1.807, 2.05) is 32.3 Å². The second-order valence-electron chi connectivity index (χ2n) is 4.02. The van der Waals surface area contributed by atoms with Gasteiger partial charge in [0.1, 0.15) is 18.1 Å². The fourth-order valence-corrected chi connectivity index (χ4v) is 1.34. The van der Waals surface area contributed by atoms with Gasteiger partial charge in [-0.1, -0.05) is 11.8 Å². The molecule has 1 aromatic carbocycles. The Hall–Kier alpha value is -1.70. The largest absolute Gasteiger partial charge is 0.497 e. The number of hydrogen-bond acceptors (Lipinski definition) is 4. The van der Waals surface area contributed by atoms with E-state index in [0.29, 0.717) is 13.2 Å². The van der Waals surface area contributed by atoms with Crippen LogP contribution in [-0.4, -0.2) is 45.8 Å². The number of nitrogens with two attached hydrogens (primary N) is 1. The molecular formula is C14H20N2O2. The third-order valence-corrected chi connectivity index (χ3v) is 2.31. The van der Waals surface area contributed by atoms with Crippen LogP contribution in [0, 0.1) is 11.8 Å². The lowest BCUT2D eigenvalue weighted by atomic mass is 10.2. The lowest BCUT2D eigenvalue weighted by molar-refractivity contribution is 0.260. The Balaban J connectivity index is 2.81. The molecule has 0 fully saturated rings. The predicted molar refractivity (Wildman–Crippen MR) is 73.0 cm³/mol. The van der Waals surface area contributed by atoms with Crippen LogP contribution in [0.2, 0.25) is 0 Å². The Morgan fingerprint density at radius 1 is 1.33 bits per heavy atom. The Bertz CT molecular complexity index is 433. The standard InChI is InChI=1S/C14H20N2O2/c1-16(2)9-10-18-14-7-6-13(17-3)11-12(14)5-4-8-15/h6-7,11H,8-10,15H2,1-3H3. The van der Waals surface area contributed by atoms with Gasteiger partial charge in [-0.25, -0.2) is 0 Å². The van der Waals surface area contributed by atoms with Crippen molar-refractivity contribution in [3.63, 3.8) is 0 Å². The summed E-state index contributed by atoms with van der Waals surface area (Å²) in [5.41, 5.74) is 6.19. The molecule has 2 N–H and O–H groups in total. The van der Waals surface area contributed by atoms with Crippen molar-refractivity contribution in [1.82, 2.24) is 4.90 Å². The number of ether oxygens (including phenoxy) is 2. The minimum atomic E-state index is 0.328. The van der Waals surface area contributed by atoms with Gasteiger partial charge >= 0.3 is 0 Å². The van der Waals surface area contributed by atoms with E-state index < -0.39 is 0 Å². The van der Waals surface area contributed by atoms with Crippen molar-refractivity contribution in [1.29, 1.82) is 0 Å². The quantitative estimate of drug-likeness (QED) is 0.788. The number of likely N-dealkylation sites (N-methyl/N-ethyl adjacent to an activating group) is 1. The summed E-state index contributed by atoms with van der Waals surface area (Å²) < 4.78 is 10.9.